The van der Waals surface area contributed by atoms with Crippen molar-refractivity contribution in [2.24, 2.45) is 0 Å². The molecule has 1 atom stereocenters. The second kappa shape index (κ2) is 6.92. The highest BCUT2D eigenvalue weighted by atomic mass is 19.4. The molecule has 0 aromatic heterocycles. The van der Waals surface area contributed by atoms with Crippen molar-refractivity contribution in [3.63, 3.8) is 0 Å². The van der Waals surface area contributed by atoms with Crippen LogP contribution in [-0.4, -0.2) is 65.2 Å². The van der Waals surface area contributed by atoms with Gasteiger partial charge in [0, 0.05) is 13.1 Å². The van der Waals surface area contributed by atoms with Crippen molar-refractivity contribution in [2.45, 2.75) is 38.5 Å². The van der Waals surface area contributed by atoms with Crippen LogP contribution in [0.1, 0.15) is 26.2 Å². The summed E-state index contributed by atoms with van der Waals surface area (Å²) in [4.78, 5) is 25.4. The van der Waals surface area contributed by atoms with Gasteiger partial charge in [0.2, 0.25) is 5.91 Å². The minimum absolute atomic E-state index is 0.0804. The van der Waals surface area contributed by atoms with Gasteiger partial charge >= 0.3 is 6.18 Å². The van der Waals surface area contributed by atoms with E-state index in [-0.39, 0.29) is 13.1 Å². The third-order valence-corrected chi connectivity index (χ3v) is 3.18. The fourth-order valence-corrected chi connectivity index (χ4v) is 2.10. The molecule has 2 amide bonds. The topological polar surface area (TPSA) is 60.9 Å². The van der Waals surface area contributed by atoms with Crippen molar-refractivity contribution in [1.82, 2.24) is 9.80 Å². The standard InChI is InChI=1S/C12H19F3N2O3/c1-2-16(8-12(13,14)15)10(19)7-17-6-4-3-5-9(18)11(17)20/h9,18H,2-8H2,1H3. The molecular weight excluding hydrogens is 277 g/mol. The molecule has 1 fully saturated rings. The van der Waals surface area contributed by atoms with Crippen LogP contribution in [0.4, 0.5) is 13.2 Å². The number of alkyl halides is 3. The molecule has 0 bridgehead atoms. The lowest BCUT2D eigenvalue weighted by molar-refractivity contribution is -0.162. The minimum Gasteiger partial charge on any atom is -0.383 e. The Morgan fingerprint density at radius 1 is 1.45 bits per heavy atom. The van der Waals surface area contributed by atoms with E-state index in [9.17, 15) is 27.9 Å². The lowest BCUT2D eigenvalue weighted by atomic mass is 10.2. The van der Waals surface area contributed by atoms with Crippen molar-refractivity contribution in [1.29, 1.82) is 0 Å². The Kier molecular flexibility index (Phi) is 5.79. The van der Waals surface area contributed by atoms with Crippen LogP contribution in [0.25, 0.3) is 0 Å². The number of likely N-dealkylation sites (tertiary alicyclic amines) is 1. The first-order chi connectivity index (χ1) is 9.24. The van der Waals surface area contributed by atoms with E-state index < -0.39 is 37.2 Å². The first kappa shape index (κ1) is 16.7. The van der Waals surface area contributed by atoms with Crippen molar-refractivity contribution in [2.75, 3.05) is 26.2 Å². The van der Waals surface area contributed by atoms with Crippen LogP contribution < -0.4 is 0 Å². The van der Waals surface area contributed by atoms with E-state index in [4.69, 9.17) is 0 Å². The van der Waals surface area contributed by atoms with Crippen LogP contribution in [0.2, 0.25) is 0 Å². The Morgan fingerprint density at radius 3 is 2.65 bits per heavy atom. The highest BCUT2D eigenvalue weighted by molar-refractivity contribution is 5.87. The van der Waals surface area contributed by atoms with Crippen LogP contribution in [0.15, 0.2) is 0 Å². The van der Waals surface area contributed by atoms with Gasteiger partial charge in [-0.05, 0) is 26.2 Å². The molecule has 1 heterocycles. The molecule has 0 aliphatic carbocycles. The number of nitrogens with zero attached hydrogens (tertiary/aromatic N) is 2. The number of carbonyl (C=O) groups excluding carboxylic acids is 2. The summed E-state index contributed by atoms with van der Waals surface area (Å²) in [5, 5.41) is 9.53. The summed E-state index contributed by atoms with van der Waals surface area (Å²) in [6.45, 7) is -0.0937. The lowest BCUT2D eigenvalue weighted by Gasteiger charge is -2.27. The smallest absolute Gasteiger partial charge is 0.383 e. The quantitative estimate of drug-likeness (QED) is 0.833. The SMILES string of the molecule is CCN(CC(F)(F)F)C(=O)CN1CCCCC(O)C1=O. The maximum absolute atomic E-state index is 12.3. The molecule has 1 aliphatic heterocycles. The van der Waals surface area contributed by atoms with E-state index in [0.29, 0.717) is 24.2 Å². The van der Waals surface area contributed by atoms with Gasteiger partial charge in [0.25, 0.3) is 5.91 Å². The molecule has 20 heavy (non-hydrogen) atoms. The Balaban J connectivity index is 2.65. The van der Waals surface area contributed by atoms with Gasteiger partial charge in [-0.1, -0.05) is 0 Å². The summed E-state index contributed by atoms with van der Waals surface area (Å²) in [6.07, 6.45) is -4.03. The zero-order chi connectivity index (χ0) is 15.3. The number of hydrogen-bond acceptors (Lipinski definition) is 3. The zero-order valence-corrected chi connectivity index (χ0v) is 11.3. The molecule has 0 radical (unpaired) electrons. The van der Waals surface area contributed by atoms with Gasteiger partial charge in [-0.2, -0.15) is 13.2 Å². The van der Waals surface area contributed by atoms with Crippen LogP contribution >= 0.6 is 0 Å². The zero-order valence-electron chi connectivity index (χ0n) is 11.3. The predicted octanol–water partition coefficient (Wildman–Crippen LogP) is 0.771. The monoisotopic (exact) mass is 296 g/mol. The lowest BCUT2D eigenvalue weighted by Crippen LogP contribution is -2.47. The Bertz CT molecular complexity index is 360. The molecule has 5 nitrogen and oxygen atoms in total. The largest absolute Gasteiger partial charge is 0.406 e. The van der Waals surface area contributed by atoms with E-state index in [1.54, 1.807) is 0 Å². The maximum atomic E-state index is 12.3. The van der Waals surface area contributed by atoms with Gasteiger partial charge in [-0.25, -0.2) is 0 Å². The Hall–Kier alpha value is -1.31. The molecule has 1 N–H and O–H groups in total. The van der Waals surface area contributed by atoms with Gasteiger partial charge in [0.05, 0.1) is 6.54 Å². The molecule has 0 aromatic rings. The number of aliphatic hydroxyl groups is 1. The van der Waals surface area contributed by atoms with E-state index >= 15 is 0 Å². The summed E-state index contributed by atoms with van der Waals surface area (Å²) in [6, 6.07) is 0. The first-order valence-electron chi connectivity index (χ1n) is 6.56. The number of amides is 2. The van der Waals surface area contributed by atoms with E-state index in [0.717, 1.165) is 4.90 Å². The molecule has 1 saturated heterocycles. The van der Waals surface area contributed by atoms with Crippen molar-refractivity contribution in [3.8, 4) is 0 Å². The highest BCUT2D eigenvalue weighted by Crippen LogP contribution is 2.17. The molecule has 116 valence electrons. The van der Waals surface area contributed by atoms with Gasteiger partial charge in [0.15, 0.2) is 0 Å². The predicted molar refractivity (Wildman–Crippen MR) is 64.7 cm³/mol. The van der Waals surface area contributed by atoms with Crippen molar-refractivity contribution >= 4 is 11.8 Å². The molecular formula is C12H19F3N2O3. The van der Waals surface area contributed by atoms with Crippen LogP contribution in [0.3, 0.4) is 0 Å². The molecule has 0 spiro atoms. The van der Waals surface area contributed by atoms with Crippen LogP contribution in [0.5, 0.6) is 0 Å². The third kappa shape index (κ3) is 4.99. The minimum atomic E-state index is -4.46. The first-order valence-corrected chi connectivity index (χ1v) is 6.56. The second-order valence-electron chi connectivity index (χ2n) is 4.79. The van der Waals surface area contributed by atoms with Gasteiger partial charge in [-0.3, -0.25) is 9.59 Å². The summed E-state index contributed by atoms with van der Waals surface area (Å²) >= 11 is 0. The Morgan fingerprint density at radius 2 is 2.10 bits per heavy atom. The number of rotatable bonds is 4. The number of likely N-dealkylation sites (N-methyl/N-ethyl adjacent to an activating group) is 1. The van der Waals surface area contributed by atoms with Crippen molar-refractivity contribution < 1.29 is 27.9 Å². The van der Waals surface area contributed by atoms with Crippen molar-refractivity contribution in [3.05, 3.63) is 0 Å². The number of halogens is 3. The summed E-state index contributed by atoms with van der Waals surface area (Å²) in [5.74, 6) is -1.34. The number of carbonyl (C=O) groups is 2. The average molecular weight is 296 g/mol. The molecule has 0 saturated carbocycles. The van der Waals surface area contributed by atoms with E-state index in [2.05, 4.69) is 0 Å². The van der Waals surface area contributed by atoms with Gasteiger partial charge in [0.1, 0.15) is 12.6 Å². The normalized spacial score (nSPS) is 20.8. The van der Waals surface area contributed by atoms with E-state index in [1.807, 2.05) is 0 Å². The Labute approximate surface area is 115 Å². The summed E-state index contributed by atoms with van der Waals surface area (Å²) < 4.78 is 37.0. The highest BCUT2D eigenvalue weighted by Gasteiger charge is 2.34. The molecule has 1 unspecified atom stereocenters. The summed E-state index contributed by atoms with van der Waals surface area (Å²) in [7, 11) is 0. The maximum Gasteiger partial charge on any atom is 0.406 e. The van der Waals surface area contributed by atoms with Gasteiger partial charge < -0.3 is 14.9 Å². The average Bonchev–Trinajstić information content (AvgIpc) is 2.50. The molecule has 1 rings (SSSR count). The van der Waals surface area contributed by atoms with Crippen LogP contribution in [-0.2, 0) is 9.59 Å². The van der Waals surface area contributed by atoms with E-state index in [1.165, 1.54) is 6.92 Å². The number of hydrogen-bond donors (Lipinski definition) is 1. The number of aliphatic hydroxyl groups excluding tert-OH is 1. The summed E-state index contributed by atoms with van der Waals surface area (Å²) in [5.41, 5.74) is 0. The third-order valence-electron chi connectivity index (χ3n) is 3.18. The molecule has 0 aromatic carbocycles. The van der Waals surface area contributed by atoms with Gasteiger partial charge in [-0.15, -0.1) is 0 Å². The van der Waals surface area contributed by atoms with Crippen LogP contribution in [0, 0.1) is 0 Å². The second-order valence-corrected chi connectivity index (χ2v) is 4.79. The fraction of sp³-hybridized carbons (Fsp3) is 0.833. The fourth-order valence-electron chi connectivity index (χ4n) is 2.10. The molecule has 8 heteroatoms. The molecule has 1 aliphatic rings.